The SMILES string of the molecule is N#CC(C(=O)Nc1cccc([N+](=O)[O-])c1)C(=O)c1nn(-c2ccccc2)c2c1CCc1ccccc1-2. The lowest BCUT2D eigenvalue weighted by molar-refractivity contribution is -0.384. The Morgan fingerprint density at radius 1 is 1.03 bits per heavy atom. The molecular formula is C27H19N5O4. The second-order valence-corrected chi connectivity index (χ2v) is 8.30. The molecule has 9 heteroatoms. The van der Waals surface area contributed by atoms with Crippen molar-refractivity contribution in [1.82, 2.24) is 9.78 Å². The molecule has 0 fully saturated rings. The average molecular weight is 477 g/mol. The number of fused-ring (bicyclic) bond motifs is 3. The second kappa shape index (κ2) is 9.27. The van der Waals surface area contributed by atoms with Crippen molar-refractivity contribution in [3.63, 3.8) is 0 Å². The minimum absolute atomic E-state index is 0.0732. The summed E-state index contributed by atoms with van der Waals surface area (Å²) in [4.78, 5) is 36.9. The Hall–Kier alpha value is -5.10. The number of nitro benzene ring substituents is 1. The number of aromatic nitrogens is 2. The fourth-order valence-electron chi connectivity index (χ4n) is 4.43. The minimum atomic E-state index is -1.68. The summed E-state index contributed by atoms with van der Waals surface area (Å²) in [6, 6.07) is 24.3. The lowest BCUT2D eigenvalue weighted by Crippen LogP contribution is -2.29. The van der Waals surface area contributed by atoms with Gasteiger partial charge in [0, 0.05) is 28.9 Å². The summed E-state index contributed by atoms with van der Waals surface area (Å²) in [5, 5.41) is 27.9. The van der Waals surface area contributed by atoms with Crippen LogP contribution in [0.5, 0.6) is 0 Å². The van der Waals surface area contributed by atoms with Gasteiger partial charge in [-0.25, -0.2) is 4.68 Å². The van der Waals surface area contributed by atoms with E-state index in [4.69, 9.17) is 0 Å². The molecular weight excluding hydrogens is 458 g/mol. The summed E-state index contributed by atoms with van der Waals surface area (Å²) in [7, 11) is 0. The molecule has 176 valence electrons. The number of carbonyl (C=O) groups excluding carboxylic acids is 2. The van der Waals surface area contributed by atoms with E-state index < -0.39 is 22.5 Å². The van der Waals surface area contributed by atoms with Gasteiger partial charge in [0.05, 0.1) is 22.4 Å². The van der Waals surface area contributed by atoms with Gasteiger partial charge in [-0.2, -0.15) is 10.4 Å². The first-order valence-electron chi connectivity index (χ1n) is 11.2. The number of nitriles is 1. The van der Waals surface area contributed by atoms with Gasteiger partial charge in [0.1, 0.15) is 5.69 Å². The van der Waals surface area contributed by atoms with Crippen molar-refractivity contribution in [1.29, 1.82) is 5.26 Å². The Kier molecular flexibility index (Phi) is 5.84. The van der Waals surface area contributed by atoms with Crippen LogP contribution < -0.4 is 5.32 Å². The van der Waals surface area contributed by atoms with Crippen molar-refractivity contribution in [2.75, 3.05) is 5.32 Å². The molecule has 5 rings (SSSR count). The van der Waals surface area contributed by atoms with Gasteiger partial charge in [0.15, 0.2) is 5.92 Å². The molecule has 9 nitrogen and oxygen atoms in total. The van der Waals surface area contributed by atoms with Gasteiger partial charge in [0.25, 0.3) is 5.69 Å². The lowest BCUT2D eigenvalue weighted by Gasteiger charge is -2.18. The van der Waals surface area contributed by atoms with Crippen LogP contribution in [0.3, 0.4) is 0 Å². The third-order valence-electron chi connectivity index (χ3n) is 6.11. The molecule has 0 spiro atoms. The number of Topliss-reactive ketones (excluding diaryl/α,β-unsaturated/α-hetero) is 1. The van der Waals surface area contributed by atoms with Crippen LogP contribution in [-0.4, -0.2) is 26.4 Å². The summed E-state index contributed by atoms with van der Waals surface area (Å²) in [6.07, 6.45) is 1.23. The maximum absolute atomic E-state index is 13.5. The number of rotatable bonds is 6. The van der Waals surface area contributed by atoms with E-state index in [9.17, 15) is 25.0 Å². The molecule has 1 N–H and O–H groups in total. The van der Waals surface area contributed by atoms with E-state index in [1.54, 1.807) is 10.8 Å². The number of hydrogen-bond donors (Lipinski definition) is 1. The molecule has 1 heterocycles. The number of nitrogens with one attached hydrogen (secondary N) is 1. The molecule has 1 atom stereocenters. The number of nitro groups is 1. The maximum atomic E-state index is 13.5. The van der Waals surface area contributed by atoms with Gasteiger partial charge in [-0.1, -0.05) is 48.5 Å². The number of aryl methyl sites for hydroxylation is 1. The Morgan fingerprint density at radius 3 is 2.53 bits per heavy atom. The molecule has 0 aliphatic heterocycles. The van der Waals surface area contributed by atoms with Crippen LogP contribution in [0, 0.1) is 27.4 Å². The summed E-state index contributed by atoms with van der Waals surface area (Å²) < 4.78 is 1.69. The van der Waals surface area contributed by atoms with Gasteiger partial charge in [0.2, 0.25) is 11.7 Å². The fourth-order valence-corrected chi connectivity index (χ4v) is 4.43. The van der Waals surface area contributed by atoms with Gasteiger partial charge in [-0.05, 0) is 36.6 Å². The van der Waals surface area contributed by atoms with Gasteiger partial charge in [-0.3, -0.25) is 19.7 Å². The van der Waals surface area contributed by atoms with Crippen molar-refractivity contribution in [2.24, 2.45) is 5.92 Å². The van der Waals surface area contributed by atoms with Crippen LogP contribution in [0.2, 0.25) is 0 Å². The molecule has 3 aromatic carbocycles. The van der Waals surface area contributed by atoms with Gasteiger partial charge >= 0.3 is 0 Å². The van der Waals surface area contributed by atoms with Gasteiger partial charge in [-0.15, -0.1) is 0 Å². The molecule has 1 amide bonds. The van der Waals surface area contributed by atoms with Crippen molar-refractivity contribution in [3.05, 3.63) is 106 Å². The standard InChI is InChI=1S/C27H19N5O4/c28-16-23(27(34)29-18-8-6-11-20(15-18)32(35)36)26(33)24-22-14-13-17-7-4-5-12-21(17)25(22)31(30-24)19-9-2-1-3-10-19/h1-12,15,23H,13-14H2,(H,29,34). The van der Waals surface area contributed by atoms with E-state index in [0.717, 1.165) is 22.5 Å². The smallest absolute Gasteiger partial charge is 0.271 e. The molecule has 0 bridgehead atoms. The number of nitrogens with zero attached hydrogens (tertiary/aromatic N) is 4. The van der Waals surface area contributed by atoms with Crippen LogP contribution in [0.1, 0.15) is 21.6 Å². The Balaban J connectivity index is 1.54. The molecule has 4 aromatic rings. The van der Waals surface area contributed by atoms with E-state index in [-0.39, 0.29) is 17.1 Å². The largest absolute Gasteiger partial charge is 0.324 e. The monoisotopic (exact) mass is 477 g/mol. The number of carbonyl (C=O) groups is 2. The quantitative estimate of drug-likeness (QED) is 0.188. The van der Waals surface area contributed by atoms with Crippen LogP contribution in [0.4, 0.5) is 11.4 Å². The fraction of sp³-hybridized carbons (Fsp3) is 0.111. The first kappa shape index (κ1) is 22.7. The van der Waals surface area contributed by atoms with Crippen molar-refractivity contribution in [3.8, 4) is 23.0 Å². The number of ketones is 1. The highest BCUT2D eigenvalue weighted by Crippen LogP contribution is 2.37. The summed E-state index contributed by atoms with van der Waals surface area (Å²) in [5.41, 5.74) is 4.25. The molecule has 1 aromatic heterocycles. The van der Waals surface area contributed by atoms with Gasteiger partial charge < -0.3 is 5.32 Å². The predicted molar refractivity (Wildman–Crippen MR) is 132 cm³/mol. The first-order valence-corrected chi connectivity index (χ1v) is 11.2. The highest BCUT2D eigenvalue weighted by atomic mass is 16.6. The molecule has 36 heavy (non-hydrogen) atoms. The van der Waals surface area contributed by atoms with Crippen LogP contribution in [0.25, 0.3) is 16.9 Å². The lowest BCUT2D eigenvalue weighted by atomic mass is 9.87. The molecule has 1 aliphatic rings. The number of non-ortho nitro benzene ring substituents is 1. The molecule has 0 saturated heterocycles. The highest BCUT2D eigenvalue weighted by Gasteiger charge is 2.35. The Labute approximate surface area is 205 Å². The summed E-state index contributed by atoms with van der Waals surface area (Å²) >= 11 is 0. The van der Waals surface area contributed by atoms with E-state index in [1.165, 1.54) is 24.3 Å². The molecule has 0 saturated carbocycles. The molecule has 1 aliphatic carbocycles. The minimum Gasteiger partial charge on any atom is -0.324 e. The van der Waals surface area contributed by atoms with Crippen LogP contribution in [-0.2, 0) is 17.6 Å². The van der Waals surface area contributed by atoms with Crippen molar-refractivity contribution < 1.29 is 14.5 Å². The third-order valence-corrected chi connectivity index (χ3v) is 6.11. The third kappa shape index (κ3) is 4.01. The first-order chi connectivity index (χ1) is 17.5. The summed E-state index contributed by atoms with van der Waals surface area (Å²) in [5.74, 6) is -3.27. The second-order valence-electron chi connectivity index (χ2n) is 8.30. The topological polar surface area (TPSA) is 131 Å². The molecule has 1 unspecified atom stereocenters. The Morgan fingerprint density at radius 2 is 1.78 bits per heavy atom. The molecule has 0 radical (unpaired) electrons. The van der Waals surface area contributed by atoms with Crippen molar-refractivity contribution in [2.45, 2.75) is 12.8 Å². The van der Waals surface area contributed by atoms with E-state index >= 15 is 0 Å². The highest BCUT2D eigenvalue weighted by molar-refractivity contribution is 6.16. The zero-order valence-corrected chi connectivity index (χ0v) is 18.9. The zero-order valence-electron chi connectivity index (χ0n) is 18.9. The number of para-hydroxylation sites is 1. The van der Waals surface area contributed by atoms with Crippen LogP contribution >= 0.6 is 0 Å². The van der Waals surface area contributed by atoms with E-state index in [0.29, 0.717) is 18.4 Å². The Bertz CT molecular complexity index is 1550. The number of anilines is 1. The average Bonchev–Trinajstić information content (AvgIpc) is 3.30. The zero-order chi connectivity index (χ0) is 25.2. The summed E-state index contributed by atoms with van der Waals surface area (Å²) in [6.45, 7) is 0. The maximum Gasteiger partial charge on any atom is 0.271 e. The number of hydrogen-bond acceptors (Lipinski definition) is 6. The normalized spacial score (nSPS) is 12.5. The van der Waals surface area contributed by atoms with Crippen LogP contribution in [0.15, 0.2) is 78.9 Å². The van der Waals surface area contributed by atoms with E-state index in [1.807, 2.05) is 54.6 Å². The van der Waals surface area contributed by atoms with E-state index in [2.05, 4.69) is 10.4 Å². The predicted octanol–water partition coefficient (Wildman–Crippen LogP) is 4.51. The van der Waals surface area contributed by atoms with Crippen molar-refractivity contribution >= 4 is 23.1 Å². The number of amides is 1. The number of benzene rings is 3.